The summed E-state index contributed by atoms with van der Waals surface area (Å²) in [5, 5.41) is 0. The fraction of sp³-hybridized carbons (Fsp3) is 0. The van der Waals surface area contributed by atoms with Crippen molar-refractivity contribution in [3.05, 3.63) is 79.1 Å². The van der Waals surface area contributed by atoms with Crippen LogP contribution in [-0.2, 0) is 0 Å². The van der Waals surface area contributed by atoms with Gasteiger partial charge in [0.1, 0.15) is 0 Å². The van der Waals surface area contributed by atoms with Gasteiger partial charge in [-0.25, -0.2) is 0 Å². The Hall–Kier alpha value is -2.41. The van der Waals surface area contributed by atoms with Crippen molar-refractivity contribution in [3.63, 3.8) is 0 Å². The van der Waals surface area contributed by atoms with Crippen molar-refractivity contribution in [2.45, 2.75) is 0 Å². The van der Waals surface area contributed by atoms with Gasteiger partial charge < -0.3 is 0 Å². The number of nitrogens with zero attached hydrogens (tertiary/aromatic N) is 1. The molecule has 0 aliphatic carbocycles. The van der Waals surface area contributed by atoms with Gasteiger partial charge in [-0.05, 0) is 46.5 Å². The Labute approximate surface area is 107 Å². The third-order valence-corrected chi connectivity index (χ3v) is 2.90. The minimum atomic E-state index is 1.10. The monoisotopic (exact) mass is 230 g/mol. The van der Waals surface area contributed by atoms with Crippen LogP contribution in [0.3, 0.4) is 0 Å². The predicted octanol–water partition coefficient (Wildman–Crippen LogP) is 4.22. The van der Waals surface area contributed by atoms with Crippen LogP contribution in [0.2, 0.25) is 0 Å². The highest BCUT2D eigenvalue weighted by atomic mass is 14.6. The van der Waals surface area contributed by atoms with Gasteiger partial charge in [-0.1, -0.05) is 42.5 Å². The van der Waals surface area contributed by atoms with E-state index in [9.17, 15) is 0 Å². The molecule has 1 nitrogen and oxygen atoms in total. The Balaban J connectivity index is 2.05. The quantitative estimate of drug-likeness (QED) is 0.642. The molecule has 0 spiro atoms. The normalized spacial score (nSPS) is 10.2. The summed E-state index contributed by atoms with van der Waals surface area (Å²) in [6.45, 7) is 0. The molecule has 1 heteroatoms. The van der Waals surface area contributed by atoms with Gasteiger partial charge in [0.25, 0.3) is 0 Å². The highest BCUT2D eigenvalue weighted by molar-refractivity contribution is 5.72. The molecule has 0 amide bonds. The maximum atomic E-state index is 4.04. The lowest BCUT2D eigenvalue weighted by atomic mass is 10.00. The maximum absolute atomic E-state index is 4.04. The van der Waals surface area contributed by atoms with E-state index in [0.29, 0.717) is 0 Å². The van der Waals surface area contributed by atoms with Crippen molar-refractivity contribution in [2.75, 3.05) is 0 Å². The number of hydrogen-bond acceptors (Lipinski definition) is 1. The number of benzene rings is 2. The summed E-state index contributed by atoms with van der Waals surface area (Å²) in [4.78, 5) is 4.04. The van der Waals surface area contributed by atoms with E-state index in [4.69, 9.17) is 0 Å². The summed E-state index contributed by atoms with van der Waals surface area (Å²) in [5.41, 5.74) is 4.67. The van der Waals surface area contributed by atoms with E-state index < -0.39 is 0 Å². The standard InChI is InChI=1S/C17H12N/c1-2-5-14(6-3-1)16-7-4-8-17(13-16)15-9-11-18-12-10-15/h1-7,9-13H. The third kappa shape index (κ3) is 2.16. The molecule has 1 radical (unpaired) electrons. The first kappa shape index (κ1) is 10.7. The summed E-state index contributed by atoms with van der Waals surface area (Å²) in [7, 11) is 0. The number of rotatable bonds is 2. The van der Waals surface area contributed by atoms with Crippen molar-refractivity contribution in [3.8, 4) is 22.3 Å². The first-order chi connectivity index (χ1) is 8.93. The second-order valence-corrected chi connectivity index (χ2v) is 4.09. The third-order valence-electron chi connectivity index (χ3n) is 2.90. The summed E-state index contributed by atoms with van der Waals surface area (Å²) >= 11 is 0. The molecule has 0 aliphatic heterocycles. The fourth-order valence-electron chi connectivity index (χ4n) is 1.97. The lowest BCUT2D eigenvalue weighted by Crippen LogP contribution is -1.81. The molecule has 3 rings (SSSR count). The first-order valence-corrected chi connectivity index (χ1v) is 5.91. The Kier molecular flexibility index (Phi) is 2.89. The van der Waals surface area contributed by atoms with Crippen molar-refractivity contribution in [1.82, 2.24) is 4.98 Å². The number of pyridine rings is 1. The molecule has 85 valence electrons. The van der Waals surface area contributed by atoms with Crippen molar-refractivity contribution < 1.29 is 0 Å². The molecule has 2 aromatic carbocycles. The molecular formula is C17H12N. The van der Waals surface area contributed by atoms with Crippen LogP contribution in [-0.4, -0.2) is 4.98 Å². The Morgan fingerprint density at radius 3 is 2.28 bits per heavy atom. The topological polar surface area (TPSA) is 12.9 Å². The van der Waals surface area contributed by atoms with E-state index in [1.165, 1.54) is 11.1 Å². The molecule has 0 bridgehead atoms. The van der Waals surface area contributed by atoms with Gasteiger partial charge >= 0.3 is 0 Å². The van der Waals surface area contributed by atoms with Gasteiger partial charge in [-0.15, -0.1) is 0 Å². The summed E-state index contributed by atoms with van der Waals surface area (Å²) in [6, 6.07) is 23.9. The average Bonchev–Trinajstić information content (AvgIpc) is 2.49. The maximum Gasteiger partial charge on any atom is 0.0273 e. The smallest absolute Gasteiger partial charge is 0.0273 e. The SMILES string of the molecule is [c]1ccc(-c2ccccc2)cc1-c1ccncc1. The van der Waals surface area contributed by atoms with Gasteiger partial charge in [0, 0.05) is 12.4 Å². The van der Waals surface area contributed by atoms with Crippen LogP contribution in [0.1, 0.15) is 0 Å². The summed E-state index contributed by atoms with van der Waals surface area (Å²) in [6.07, 6.45) is 3.61. The Bertz CT molecular complexity index is 575. The molecule has 1 heterocycles. The molecular weight excluding hydrogens is 218 g/mol. The van der Waals surface area contributed by atoms with Gasteiger partial charge in [0.05, 0.1) is 0 Å². The second kappa shape index (κ2) is 4.84. The molecule has 0 aliphatic rings. The minimum absolute atomic E-state index is 1.10. The molecule has 18 heavy (non-hydrogen) atoms. The highest BCUT2D eigenvalue weighted by Gasteiger charge is 2.00. The minimum Gasteiger partial charge on any atom is -0.265 e. The van der Waals surface area contributed by atoms with E-state index in [1.54, 1.807) is 12.4 Å². The zero-order valence-corrected chi connectivity index (χ0v) is 9.88. The van der Waals surface area contributed by atoms with Gasteiger partial charge in [-0.3, -0.25) is 4.98 Å². The van der Waals surface area contributed by atoms with Crippen LogP contribution in [0.4, 0.5) is 0 Å². The predicted molar refractivity (Wildman–Crippen MR) is 73.9 cm³/mol. The van der Waals surface area contributed by atoms with Crippen molar-refractivity contribution in [1.29, 1.82) is 0 Å². The molecule has 0 N–H and O–H groups in total. The highest BCUT2D eigenvalue weighted by Crippen LogP contribution is 2.25. The van der Waals surface area contributed by atoms with E-state index in [-0.39, 0.29) is 0 Å². The lowest BCUT2D eigenvalue weighted by Gasteiger charge is -2.05. The molecule has 0 saturated carbocycles. The van der Waals surface area contributed by atoms with Gasteiger partial charge in [-0.2, -0.15) is 0 Å². The molecule has 0 atom stereocenters. The summed E-state index contributed by atoms with van der Waals surface area (Å²) < 4.78 is 0. The van der Waals surface area contributed by atoms with Gasteiger partial charge in [0.2, 0.25) is 0 Å². The van der Waals surface area contributed by atoms with Crippen molar-refractivity contribution in [2.24, 2.45) is 0 Å². The van der Waals surface area contributed by atoms with E-state index in [1.807, 2.05) is 24.3 Å². The summed E-state index contributed by atoms with van der Waals surface area (Å²) in [5.74, 6) is 0. The van der Waals surface area contributed by atoms with Crippen molar-refractivity contribution >= 4 is 0 Å². The van der Waals surface area contributed by atoms with Crippen LogP contribution < -0.4 is 0 Å². The average molecular weight is 230 g/mol. The molecule has 1 aromatic heterocycles. The van der Waals surface area contributed by atoms with Crippen LogP contribution in [0.25, 0.3) is 22.3 Å². The van der Waals surface area contributed by atoms with Crippen LogP contribution >= 0.6 is 0 Å². The number of aromatic nitrogens is 1. The Morgan fingerprint density at radius 2 is 1.50 bits per heavy atom. The van der Waals surface area contributed by atoms with Crippen LogP contribution in [0.15, 0.2) is 73.1 Å². The van der Waals surface area contributed by atoms with Crippen LogP contribution in [0, 0.1) is 6.07 Å². The van der Waals surface area contributed by atoms with E-state index in [0.717, 1.165) is 11.1 Å². The zero-order chi connectivity index (χ0) is 12.2. The Morgan fingerprint density at radius 1 is 0.722 bits per heavy atom. The largest absolute Gasteiger partial charge is 0.265 e. The van der Waals surface area contributed by atoms with E-state index in [2.05, 4.69) is 47.4 Å². The molecule has 0 unspecified atom stereocenters. The van der Waals surface area contributed by atoms with Crippen LogP contribution in [0.5, 0.6) is 0 Å². The van der Waals surface area contributed by atoms with Gasteiger partial charge in [0.15, 0.2) is 0 Å². The molecule has 0 fully saturated rings. The van der Waals surface area contributed by atoms with E-state index >= 15 is 0 Å². The lowest BCUT2D eigenvalue weighted by molar-refractivity contribution is 1.33. The first-order valence-electron chi connectivity index (χ1n) is 5.91. The zero-order valence-electron chi connectivity index (χ0n) is 9.88. The fourth-order valence-corrected chi connectivity index (χ4v) is 1.97. The number of hydrogen-bond donors (Lipinski definition) is 0. The second-order valence-electron chi connectivity index (χ2n) is 4.09. The molecule has 3 aromatic rings. The molecule has 0 saturated heterocycles.